The van der Waals surface area contributed by atoms with Crippen LogP contribution in [0.15, 0.2) is 0 Å². The Hall–Kier alpha value is -0.730. The summed E-state index contributed by atoms with van der Waals surface area (Å²) in [7, 11) is 0. The second kappa shape index (κ2) is 4.86. The zero-order valence-corrected chi connectivity index (χ0v) is 8.53. The fourth-order valence-corrected chi connectivity index (χ4v) is 0.960. The number of primary amides is 1. The highest BCUT2D eigenvalue weighted by atomic mass is 16.4. The second-order valence-electron chi connectivity index (χ2n) is 3.93. The number of hydrogen-bond donors (Lipinski definition) is 6. The van der Waals surface area contributed by atoms with Crippen molar-refractivity contribution in [2.24, 2.45) is 5.73 Å². The van der Waals surface area contributed by atoms with Gasteiger partial charge < -0.3 is 31.3 Å². The molecule has 0 aromatic rings. The molecule has 0 spiro atoms. The molecule has 0 rings (SSSR count). The molecule has 0 aliphatic rings. The molecule has 0 unspecified atom stereocenters. The molecule has 0 bridgehead atoms. The van der Waals surface area contributed by atoms with Crippen LogP contribution >= 0.6 is 0 Å². The van der Waals surface area contributed by atoms with Crippen LogP contribution in [-0.2, 0) is 4.79 Å². The quantitative estimate of drug-likeness (QED) is 0.288. The predicted octanol–water partition coefficient (Wildman–Crippen LogP) is -3.31. The number of carbonyl (C=O) groups is 1. The zero-order valence-electron chi connectivity index (χ0n) is 8.53. The maximum Gasteiger partial charge on any atom is 0.249 e. The molecule has 0 fully saturated rings. The van der Waals surface area contributed by atoms with Crippen molar-refractivity contribution in [3.8, 4) is 0 Å². The molecule has 0 heterocycles. The van der Waals surface area contributed by atoms with Crippen molar-refractivity contribution in [1.82, 2.24) is 0 Å². The topological polar surface area (TPSA) is 144 Å². The van der Waals surface area contributed by atoms with E-state index < -0.39 is 35.9 Å². The van der Waals surface area contributed by atoms with Gasteiger partial charge in [-0.25, -0.2) is 0 Å². The molecule has 0 aliphatic heterocycles. The molecule has 0 saturated carbocycles. The van der Waals surface area contributed by atoms with Crippen LogP contribution in [0, 0.1) is 0 Å². The highest BCUT2D eigenvalue weighted by Gasteiger charge is 2.39. The summed E-state index contributed by atoms with van der Waals surface area (Å²) in [5, 5.41) is 46.2. The maximum atomic E-state index is 10.5. The van der Waals surface area contributed by atoms with E-state index in [9.17, 15) is 25.2 Å². The van der Waals surface area contributed by atoms with Crippen molar-refractivity contribution in [3.05, 3.63) is 0 Å². The Balaban J connectivity index is 4.57. The summed E-state index contributed by atoms with van der Waals surface area (Å²) < 4.78 is 0. The first kappa shape index (κ1) is 14.3. The lowest BCUT2D eigenvalue weighted by Crippen LogP contribution is -2.55. The predicted molar refractivity (Wildman–Crippen MR) is 49.5 cm³/mol. The summed E-state index contributed by atoms with van der Waals surface area (Å²) in [4.78, 5) is 10.5. The standard InChI is InChI=1S/C8H17NO6/c1-8(2,15)6(13)4(11)3(10)5(12)7(9)14/h3-6,10-13,15H,1-2H3,(H2,9,14)/t3-,4-,5+,6-/m0/s1. The minimum atomic E-state index is -2.00. The third-order valence-corrected chi connectivity index (χ3v) is 2.01. The van der Waals surface area contributed by atoms with Gasteiger partial charge in [-0.05, 0) is 13.8 Å². The fraction of sp³-hybridized carbons (Fsp3) is 0.875. The Labute approximate surface area is 86.8 Å². The average Bonchev–Trinajstić information content (AvgIpc) is 2.11. The number of aliphatic hydroxyl groups is 5. The lowest BCUT2D eigenvalue weighted by atomic mass is 9.92. The molecule has 0 radical (unpaired) electrons. The van der Waals surface area contributed by atoms with Gasteiger partial charge in [0, 0.05) is 0 Å². The van der Waals surface area contributed by atoms with Gasteiger partial charge in [-0.1, -0.05) is 0 Å². The van der Waals surface area contributed by atoms with E-state index in [2.05, 4.69) is 5.73 Å². The summed E-state index contributed by atoms with van der Waals surface area (Å²) in [6.07, 6.45) is -7.56. The van der Waals surface area contributed by atoms with Gasteiger partial charge in [-0.3, -0.25) is 4.79 Å². The van der Waals surface area contributed by atoms with Crippen LogP contribution in [0.3, 0.4) is 0 Å². The molecule has 7 nitrogen and oxygen atoms in total. The van der Waals surface area contributed by atoms with Crippen LogP contribution < -0.4 is 5.73 Å². The molecular formula is C8H17NO6. The van der Waals surface area contributed by atoms with Crippen LogP contribution in [0.4, 0.5) is 0 Å². The molecule has 0 saturated heterocycles. The average molecular weight is 223 g/mol. The number of aliphatic hydroxyl groups excluding tert-OH is 4. The highest BCUT2D eigenvalue weighted by Crippen LogP contribution is 2.16. The Morgan fingerprint density at radius 1 is 1.13 bits per heavy atom. The molecule has 7 heteroatoms. The number of hydrogen-bond acceptors (Lipinski definition) is 6. The van der Waals surface area contributed by atoms with Gasteiger partial charge >= 0.3 is 0 Å². The smallest absolute Gasteiger partial charge is 0.249 e. The molecule has 90 valence electrons. The fourth-order valence-electron chi connectivity index (χ4n) is 0.960. The maximum absolute atomic E-state index is 10.5. The van der Waals surface area contributed by atoms with Crippen molar-refractivity contribution in [1.29, 1.82) is 0 Å². The van der Waals surface area contributed by atoms with Crippen molar-refractivity contribution in [2.45, 2.75) is 43.9 Å². The summed E-state index contributed by atoms with van der Waals surface area (Å²) in [5.41, 5.74) is 3.00. The number of amides is 1. The molecular weight excluding hydrogens is 206 g/mol. The third-order valence-electron chi connectivity index (χ3n) is 2.01. The Morgan fingerprint density at radius 2 is 1.53 bits per heavy atom. The van der Waals surface area contributed by atoms with E-state index in [1.54, 1.807) is 0 Å². The number of rotatable bonds is 5. The monoisotopic (exact) mass is 223 g/mol. The molecule has 0 aromatic heterocycles. The molecule has 1 amide bonds. The second-order valence-corrected chi connectivity index (χ2v) is 3.93. The molecule has 15 heavy (non-hydrogen) atoms. The minimum absolute atomic E-state index is 1.20. The van der Waals surface area contributed by atoms with Crippen molar-refractivity contribution < 1.29 is 30.3 Å². The Bertz CT molecular complexity index is 226. The van der Waals surface area contributed by atoms with E-state index >= 15 is 0 Å². The highest BCUT2D eigenvalue weighted by molar-refractivity contribution is 5.79. The SMILES string of the molecule is CC(C)(O)[C@@H](O)[C@@H](O)[C@H](O)[C@@H](O)C(N)=O. The summed E-state index contributed by atoms with van der Waals surface area (Å²) in [6, 6.07) is 0. The van der Waals surface area contributed by atoms with Gasteiger partial charge in [-0.2, -0.15) is 0 Å². The van der Waals surface area contributed by atoms with E-state index in [1.807, 2.05) is 0 Å². The minimum Gasteiger partial charge on any atom is -0.388 e. The third kappa shape index (κ3) is 3.73. The van der Waals surface area contributed by atoms with Gasteiger partial charge in [-0.15, -0.1) is 0 Å². The normalized spacial score (nSPS) is 20.5. The molecule has 4 atom stereocenters. The van der Waals surface area contributed by atoms with Crippen LogP contribution in [0.5, 0.6) is 0 Å². The summed E-state index contributed by atoms with van der Waals surface area (Å²) in [5.74, 6) is -1.23. The molecule has 7 N–H and O–H groups in total. The van der Waals surface area contributed by atoms with Crippen LogP contribution in [0.25, 0.3) is 0 Å². The van der Waals surface area contributed by atoms with Gasteiger partial charge in [0.2, 0.25) is 5.91 Å². The first-order valence-electron chi connectivity index (χ1n) is 4.33. The van der Waals surface area contributed by atoms with E-state index in [4.69, 9.17) is 5.11 Å². The Kier molecular flexibility index (Phi) is 4.63. The Morgan fingerprint density at radius 3 is 1.80 bits per heavy atom. The molecule has 0 aromatic carbocycles. The van der Waals surface area contributed by atoms with E-state index in [0.29, 0.717) is 0 Å². The van der Waals surface area contributed by atoms with Crippen molar-refractivity contribution in [2.75, 3.05) is 0 Å². The first-order valence-corrected chi connectivity index (χ1v) is 4.33. The zero-order chi connectivity index (χ0) is 12.4. The van der Waals surface area contributed by atoms with Crippen LogP contribution in [-0.4, -0.2) is 61.5 Å². The largest absolute Gasteiger partial charge is 0.388 e. The summed E-state index contributed by atoms with van der Waals surface area (Å²) in [6.45, 7) is 2.40. The van der Waals surface area contributed by atoms with E-state index in [0.717, 1.165) is 0 Å². The molecule has 0 aliphatic carbocycles. The van der Waals surface area contributed by atoms with E-state index in [1.165, 1.54) is 13.8 Å². The van der Waals surface area contributed by atoms with E-state index in [-0.39, 0.29) is 0 Å². The van der Waals surface area contributed by atoms with Crippen LogP contribution in [0.1, 0.15) is 13.8 Å². The van der Waals surface area contributed by atoms with Gasteiger partial charge in [0.1, 0.15) is 18.3 Å². The number of carbonyl (C=O) groups excluding carboxylic acids is 1. The first-order chi connectivity index (χ1) is 6.59. The van der Waals surface area contributed by atoms with Gasteiger partial charge in [0.15, 0.2) is 6.10 Å². The number of nitrogens with two attached hydrogens (primary N) is 1. The van der Waals surface area contributed by atoms with Gasteiger partial charge in [0.25, 0.3) is 0 Å². The van der Waals surface area contributed by atoms with Crippen molar-refractivity contribution in [3.63, 3.8) is 0 Å². The van der Waals surface area contributed by atoms with Crippen LogP contribution in [0.2, 0.25) is 0 Å². The summed E-state index contributed by atoms with van der Waals surface area (Å²) >= 11 is 0. The lowest BCUT2D eigenvalue weighted by Gasteiger charge is -2.32. The van der Waals surface area contributed by atoms with Gasteiger partial charge in [0.05, 0.1) is 5.60 Å². The van der Waals surface area contributed by atoms with Crippen molar-refractivity contribution >= 4 is 5.91 Å². The lowest BCUT2D eigenvalue weighted by molar-refractivity contribution is -0.165.